The third-order valence-electron chi connectivity index (χ3n) is 9.63. The minimum atomic E-state index is -0.196. The predicted molar refractivity (Wildman–Crippen MR) is 155 cm³/mol. The number of aromatic hydroxyl groups is 1. The van der Waals surface area contributed by atoms with Gasteiger partial charge in [-0.25, -0.2) is 0 Å². The molecule has 8 rings (SSSR count). The summed E-state index contributed by atoms with van der Waals surface area (Å²) in [6.07, 6.45) is 6.89. The lowest BCUT2D eigenvalue weighted by Crippen LogP contribution is -2.43. The summed E-state index contributed by atoms with van der Waals surface area (Å²) in [4.78, 5) is 15.0. The van der Waals surface area contributed by atoms with Crippen LogP contribution in [0.15, 0.2) is 36.4 Å². The molecule has 40 heavy (non-hydrogen) atoms. The summed E-state index contributed by atoms with van der Waals surface area (Å²) in [5, 5.41) is 16.6. The second-order valence-electron chi connectivity index (χ2n) is 11.9. The molecule has 0 spiro atoms. The van der Waals surface area contributed by atoms with Gasteiger partial charge in [0, 0.05) is 42.6 Å². The molecule has 2 aromatic carbocycles. The number of ether oxygens (including phenoxy) is 2. The summed E-state index contributed by atoms with van der Waals surface area (Å²) in [7, 11) is 0. The first-order chi connectivity index (χ1) is 19.6. The lowest BCUT2D eigenvalue weighted by molar-refractivity contribution is 0.0420. The Labute approximate surface area is 238 Å². The van der Waals surface area contributed by atoms with Crippen LogP contribution >= 0.6 is 11.6 Å². The summed E-state index contributed by atoms with van der Waals surface area (Å²) >= 11 is 6.72. The van der Waals surface area contributed by atoms with Crippen LogP contribution in [0.1, 0.15) is 48.7 Å². The molecule has 208 valence electrons. The molecular weight excluding hydrogens is 526 g/mol. The first kappa shape index (κ1) is 24.9. The molecule has 0 saturated carbocycles. The Hall–Kier alpha value is -2.91. The number of nitrogens with zero attached hydrogens (tertiary/aromatic N) is 4. The van der Waals surface area contributed by atoms with Crippen LogP contribution in [0.25, 0.3) is 16.3 Å². The van der Waals surface area contributed by atoms with E-state index in [9.17, 15) is 5.11 Å². The van der Waals surface area contributed by atoms with E-state index in [2.05, 4.69) is 21.2 Å². The fourth-order valence-electron chi connectivity index (χ4n) is 7.73. The van der Waals surface area contributed by atoms with E-state index in [1.54, 1.807) is 12.1 Å². The van der Waals surface area contributed by atoms with Gasteiger partial charge in [0.2, 0.25) is 0 Å². The van der Waals surface area contributed by atoms with Gasteiger partial charge in [-0.1, -0.05) is 29.8 Å². The first-order valence-electron chi connectivity index (χ1n) is 14.6. The summed E-state index contributed by atoms with van der Waals surface area (Å²) in [5.74, 6) is 0.443. The Morgan fingerprint density at radius 2 is 2.05 bits per heavy atom. The quantitative estimate of drug-likeness (QED) is 0.476. The predicted octanol–water partition coefficient (Wildman–Crippen LogP) is 4.69. The van der Waals surface area contributed by atoms with E-state index in [1.165, 1.54) is 31.3 Å². The molecule has 8 nitrogen and oxygen atoms in total. The molecule has 1 aromatic heterocycles. The van der Waals surface area contributed by atoms with Gasteiger partial charge in [-0.3, -0.25) is 4.90 Å². The van der Waals surface area contributed by atoms with Crippen molar-refractivity contribution in [3.8, 4) is 11.8 Å². The van der Waals surface area contributed by atoms with Gasteiger partial charge in [-0.05, 0) is 61.9 Å². The lowest BCUT2D eigenvalue weighted by atomic mass is 9.89. The van der Waals surface area contributed by atoms with Crippen LogP contribution in [0, 0.1) is 5.92 Å². The minimum Gasteiger partial charge on any atom is -0.508 e. The normalized spacial score (nSPS) is 25.2. The molecule has 5 aliphatic heterocycles. The number of nitrogens with one attached hydrogen (secondary N) is 1. The van der Waals surface area contributed by atoms with Crippen molar-refractivity contribution in [2.24, 2.45) is 5.92 Å². The molecule has 5 aliphatic rings. The third kappa shape index (κ3) is 3.99. The van der Waals surface area contributed by atoms with Crippen LogP contribution in [0.5, 0.6) is 11.8 Å². The standard InChI is InChI=1S/C31H34ClN5O3/c32-23-5-1-4-19-12-21(38)13-25(27(19)23)36-15-24-28-26(16-36)39-17-20-14-33-9-6-22(20)29(28)35-30(34-24)40-18-31-7-2-10-37(31)11-3-8-31/h1,4-6,12-13,20,26,33,38H,2-3,7-11,14-18H2. The number of halogens is 1. The number of anilines is 1. The van der Waals surface area contributed by atoms with Gasteiger partial charge < -0.3 is 24.8 Å². The molecular formula is C31H34ClN5O3. The highest BCUT2D eigenvalue weighted by Crippen LogP contribution is 2.45. The smallest absolute Gasteiger partial charge is 0.317 e. The maximum atomic E-state index is 10.6. The maximum absolute atomic E-state index is 10.6. The van der Waals surface area contributed by atoms with E-state index in [0.29, 0.717) is 37.3 Å². The summed E-state index contributed by atoms with van der Waals surface area (Å²) in [5.41, 5.74) is 5.24. The van der Waals surface area contributed by atoms with E-state index < -0.39 is 0 Å². The van der Waals surface area contributed by atoms with Crippen molar-refractivity contribution in [3.05, 3.63) is 58.4 Å². The first-order valence-corrected chi connectivity index (χ1v) is 14.9. The van der Waals surface area contributed by atoms with Crippen LogP contribution < -0.4 is 15.0 Å². The average molecular weight is 560 g/mol. The number of hydrogen-bond donors (Lipinski definition) is 2. The number of fused-ring (bicyclic) bond motifs is 4. The molecule has 2 saturated heterocycles. The largest absolute Gasteiger partial charge is 0.508 e. The second kappa shape index (κ2) is 9.58. The lowest BCUT2D eigenvalue weighted by Gasteiger charge is -2.36. The Morgan fingerprint density at radius 1 is 1.18 bits per heavy atom. The van der Waals surface area contributed by atoms with E-state index >= 15 is 0 Å². The average Bonchev–Trinajstić information content (AvgIpc) is 3.50. The topological polar surface area (TPSA) is 83.0 Å². The van der Waals surface area contributed by atoms with Crippen LogP contribution in [0.3, 0.4) is 0 Å². The Kier molecular flexibility index (Phi) is 5.95. The number of aromatic nitrogens is 2. The molecule has 6 heterocycles. The Bertz CT molecular complexity index is 1520. The molecule has 2 atom stereocenters. The zero-order chi connectivity index (χ0) is 26.8. The SMILES string of the molecule is Oc1cc(N2Cc3nc(OCC45CCCN4CCC5)nc4c3C(C2)OCC2CNCC=C42)c2c(Cl)cccc2c1. The molecule has 0 bridgehead atoms. The minimum absolute atomic E-state index is 0.124. The Balaban J connectivity index is 1.22. The fraction of sp³-hybridized carbons (Fsp3) is 0.484. The molecule has 2 N–H and O–H groups in total. The number of rotatable bonds is 4. The highest BCUT2D eigenvalue weighted by molar-refractivity contribution is 6.36. The zero-order valence-corrected chi connectivity index (χ0v) is 23.3. The van der Waals surface area contributed by atoms with Crippen molar-refractivity contribution in [2.75, 3.05) is 50.8 Å². The highest BCUT2D eigenvalue weighted by Gasteiger charge is 2.45. The molecule has 0 amide bonds. The number of phenolic OH excluding ortho intramolecular Hbond substituents is 1. The van der Waals surface area contributed by atoms with E-state index in [1.807, 2.05) is 18.2 Å². The van der Waals surface area contributed by atoms with E-state index in [-0.39, 0.29) is 23.3 Å². The number of phenols is 1. The van der Waals surface area contributed by atoms with Gasteiger partial charge in [0.1, 0.15) is 18.5 Å². The van der Waals surface area contributed by atoms with E-state index in [0.717, 1.165) is 59.6 Å². The van der Waals surface area contributed by atoms with Crippen molar-refractivity contribution >= 4 is 33.6 Å². The summed E-state index contributed by atoms with van der Waals surface area (Å²) < 4.78 is 13.1. The van der Waals surface area contributed by atoms with Gasteiger partial charge >= 0.3 is 6.01 Å². The zero-order valence-electron chi connectivity index (χ0n) is 22.5. The van der Waals surface area contributed by atoms with E-state index in [4.69, 9.17) is 31.0 Å². The summed E-state index contributed by atoms with van der Waals surface area (Å²) in [6.45, 7) is 6.43. The Morgan fingerprint density at radius 3 is 2.92 bits per heavy atom. The number of hydrogen-bond acceptors (Lipinski definition) is 8. The van der Waals surface area contributed by atoms with Gasteiger partial charge in [-0.2, -0.15) is 9.97 Å². The second-order valence-corrected chi connectivity index (χ2v) is 12.3. The number of benzene rings is 2. The molecule has 9 heteroatoms. The van der Waals surface area contributed by atoms with Crippen molar-refractivity contribution in [1.29, 1.82) is 0 Å². The van der Waals surface area contributed by atoms with Gasteiger partial charge in [0.25, 0.3) is 0 Å². The van der Waals surface area contributed by atoms with Gasteiger partial charge in [-0.15, -0.1) is 0 Å². The molecule has 0 aliphatic carbocycles. The van der Waals surface area contributed by atoms with Gasteiger partial charge in [0.05, 0.1) is 40.8 Å². The van der Waals surface area contributed by atoms with Crippen molar-refractivity contribution in [2.45, 2.75) is 43.9 Å². The molecule has 3 aromatic rings. The monoisotopic (exact) mass is 559 g/mol. The van der Waals surface area contributed by atoms with Crippen molar-refractivity contribution < 1.29 is 14.6 Å². The molecule has 2 unspecified atom stereocenters. The third-order valence-corrected chi connectivity index (χ3v) is 9.95. The van der Waals surface area contributed by atoms with Crippen molar-refractivity contribution in [1.82, 2.24) is 20.2 Å². The van der Waals surface area contributed by atoms with Crippen LogP contribution in [0.2, 0.25) is 5.02 Å². The maximum Gasteiger partial charge on any atom is 0.317 e. The van der Waals surface area contributed by atoms with Crippen LogP contribution in [-0.2, 0) is 11.3 Å². The van der Waals surface area contributed by atoms with Crippen LogP contribution in [-0.4, -0.2) is 71.5 Å². The fourth-order valence-corrected chi connectivity index (χ4v) is 8.01. The summed E-state index contributed by atoms with van der Waals surface area (Å²) in [6, 6.07) is 9.81. The van der Waals surface area contributed by atoms with Gasteiger partial charge in [0.15, 0.2) is 0 Å². The highest BCUT2D eigenvalue weighted by atomic mass is 35.5. The molecule has 2 fully saturated rings. The molecule has 0 radical (unpaired) electrons. The van der Waals surface area contributed by atoms with Crippen molar-refractivity contribution in [3.63, 3.8) is 0 Å². The van der Waals surface area contributed by atoms with Crippen LogP contribution in [0.4, 0.5) is 5.69 Å².